The van der Waals surface area contributed by atoms with Gasteiger partial charge in [-0.05, 0) is 19.3 Å². The summed E-state index contributed by atoms with van der Waals surface area (Å²) in [5.74, 6) is 1.23. The zero-order chi connectivity index (χ0) is 16.5. The number of nitrogens with zero attached hydrogens (tertiary/aromatic N) is 2. The van der Waals surface area contributed by atoms with Crippen LogP contribution in [-0.4, -0.2) is 39.4 Å². The van der Waals surface area contributed by atoms with Gasteiger partial charge in [-0.2, -0.15) is 0 Å². The lowest BCUT2D eigenvalue weighted by Gasteiger charge is -2.19. The molecule has 0 aliphatic heterocycles. The van der Waals surface area contributed by atoms with E-state index in [9.17, 15) is 9.59 Å². The molecule has 0 fully saturated rings. The molecule has 0 bridgehead atoms. The van der Waals surface area contributed by atoms with Gasteiger partial charge in [0.2, 0.25) is 5.91 Å². The van der Waals surface area contributed by atoms with E-state index in [1.54, 1.807) is 11.8 Å². The van der Waals surface area contributed by atoms with Crippen molar-refractivity contribution in [3.63, 3.8) is 0 Å². The van der Waals surface area contributed by atoms with Crippen molar-refractivity contribution >= 4 is 46.6 Å². The van der Waals surface area contributed by atoms with E-state index >= 15 is 0 Å². The van der Waals surface area contributed by atoms with Gasteiger partial charge < -0.3 is 5.32 Å². The second-order valence-electron chi connectivity index (χ2n) is 5.22. The highest BCUT2D eigenvalue weighted by molar-refractivity contribution is 8.03. The van der Waals surface area contributed by atoms with Gasteiger partial charge >= 0.3 is 0 Å². The zero-order valence-electron chi connectivity index (χ0n) is 13.4. The van der Waals surface area contributed by atoms with Crippen LogP contribution >= 0.6 is 34.9 Å². The molecular formula is C14H23N3O2S3. The lowest BCUT2D eigenvalue weighted by molar-refractivity contribution is -0.126. The van der Waals surface area contributed by atoms with Gasteiger partial charge in [-0.15, -0.1) is 10.2 Å². The fourth-order valence-corrected chi connectivity index (χ4v) is 4.68. The Morgan fingerprint density at radius 3 is 2.41 bits per heavy atom. The van der Waals surface area contributed by atoms with E-state index in [-0.39, 0.29) is 23.4 Å². The third-order valence-electron chi connectivity index (χ3n) is 2.86. The number of nitrogens with one attached hydrogen (secondary N) is 1. The monoisotopic (exact) mass is 361 g/mol. The van der Waals surface area contributed by atoms with E-state index in [2.05, 4.69) is 22.4 Å². The zero-order valence-corrected chi connectivity index (χ0v) is 15.9. The normalized spacial score (nSPS) is 12.4. The molecule has 0 aromatic carbocycles. The number of hydrogen-bond donors (Lipinski definition) is 1. The number of amides is 1. The summed E-state index contributed by atoms with van der Waals surface area (Å²) in [4.78, 5) is 23.4. The van der Waals surface area contributed by atoms with Gasteiger partial charge in [0.1, 0.15) is 0 Å². The maximum atomic E-state index is 11.9. The smallest absolute Gasteiger partial charge is 0.231 e. The summed E-state index contributed by atoms with van der Waals surface area (Å²) in [6.45, 7) is 7.50. The Bertz CT molecular complexity index is 491. The number of aromatic nitrogens is 2. The summed E-state index contributed by atoms with van der Waals surface area (Å²) in [5.41, 5.74) is 0. The molecule has 22 heavy (non-hydrogen) atoms. The Kier molecular flexibility index (Phi) is 9.04. The van der Waals surface area contributed by atoms with Gasteiger partial charge in [0, 0.05) is 5.75 Å². The molecule has 5 nitrogen and oxygen atoms in total. The first kappa shape index (κ1) is 19.4. The third kappa shape index (κ3) is 7.11. The van der Waals surface area contributed by atoms with Gasteiger partial charge in [-0.25, -0.2) is 0 Å². The molecule has 1 heterocycles. The van der Waals surface area contributed by atoms with Crippen LogP contribution in [0.2, 0.25) is 0 Å². The molecular weight excluding hydrogens is 338 g/mol. The Hall–Kier alpha value is -0.600. The van der Waals surface area contributed by atoms with Gasteiger partial charge in [-0.3, -0.25) is 9.59 Å². The first-order valence-electron chi connectivity index (χ1n) is 7.33. The molecule has 1 N–H and O–H groups in total. The van der Waals surface area contributed by atoms with Crippen LogP contribution in [0.4, 0.5) is 0 Å². The lowest BCUT2D eigenvalue weighted by Crippen LogP contribution is -2.44. The third-order valence-corrected chi connectivity index (χ3v) is 6.14. The lowest BCUT2D eigenvalue weighted by atomic mass is 10.0. The Labute approximate surface area is 144 Å². The number of unbranched alkanes of at least 4 members (excludes halogenated alkanes) is 1. The summed E-state index contributed by atoms with van der Waals surface area (Å²) in [7, 11) is 0. The van der Waals surface area contributed by atoms with Crippen LogP contribution in [-0.2, 0) is 9.59 Å². The van der Waals surface area contributed by atoms with Crippen molar-refractivity contribution < 1.29 is 9.59 Å². The van der Waals surface area contributed by atoms with Crippen LogP contribution in [0.3, 0.4) is 0 Å². The average Bonchev–Trinajstić information content (AvgIpc) is 2.90. The summed E-state index contributed by atoms with van der Waals surface area (Å²) in [6, 6.07) is -0.414. The fraction of sp³-hybridized carbons (Fsp3) is 0.714. The number of Topliss-reactive ketones (excluding diaryl/α,β-unsaturated/α-hetero) is 1. The first-order valence-corrected chi connectivity index (χ1v) is 10.1. The number of rotatable bonds is 10. The molecule has 1 rings (SSSR count). The molecule has 1 amide bonds. The van der Waals surface area contributed by atoms with E-state index in [0.717, 1.165) is 20.9 Å². The molecule has 1 unspecified atom stereocenters. The SMILES string of the molecule is CCCCSc1nnc(SCC(=O)NC(C(C)=O)C(C)C)s1. The predicted molar refractivity (Wildman–Crippen MR) is 93.7 cm³/mol. The largest absolute Gasteiger partial charge is 0.345 e. The van der Waals surface area contributed by atoms with E-state index in [1.165, 1.54) is 36.4 Å². The standard InChI is InChI=1S/C14H23N3O2S3/c1-5-6-7-20-13-16-17-14(22-13)21-8-11(19)15-12(9(2)3)10(4)18/h9,12H,5-8H2,1-4H3,(H,15,19). The van der Waals surface area contributed by atoms with Crippen molar-refractivity contribution in [3.8, 4) is 0 Å². The summed E-state index contributed by atoms with van der Waals surface area (Å²) in [5, 5.41) is 11.0. The molecule has 0 aliphatic carbocycles. The minimum atomic E-state index is -0.414. The van der Waals surface area contributed by atoms with Gasteiger partial charge in [-0.1, -0.05) is 62.1 Å². The maximum Gasteiger partial charge on any atom is 0.231 e. The highest BCUT2D eigenvalue weighted by Crippen LogP contribution is 2.29. The topological polar surface area (TPSA) is 72.0 Å². The number of carbonyl (C=O) groups is 2. The summed E-state index contributed by atoms with van der Waals surface area (Å²) >= 11 is 4.58. The summed E-state index contributed by atoms with van der Waals surface area (Å²) in [6.07, 6.45) is 2.33. The van der Waals surface area contributed by atoms with E-state index in [0.29, 0.717) is 0 Å². The second-order valence-corrected chi connectivity index (χ2v) is 8.77. The number of ketones is 1. The minimum Gasteiger partial charge on any atom is -0.345 e. The molecule has 1 atom stereocenters. The van der Waals surface area contributed by atoms with Crippen molar-refractivity contribution in [1.29, 1.82) is 0 Å². The molecule has 8 heteroatoms. The highest BCUT2D eigenvalue weighted by atomic mass is 32.2. The molecule has 0 saturated heterocycles. The molecule has 1 aromatic rings. The van der Waals surface area contributed by atoms with Crippen molar-refractivity contribution in [3.05, 3.63) is 0 Å². The predicted octanol–water partition coefficient (Wildman–Crippen LogP) is 3.25. The molecule has 0 radical (unpaired) electrons. The van der Waals surface area contributed by atoms with E-state index in [1.807, 2.05) is 13.8 Å². The molecule has 1 aromatic heterocycles. The van der Waals surface area contributed by atoms with Gasteiger partial charge in [0.05, 0.1) is 11.8 Å². The quantitative estimate of drug-likeness (QED) is 0.509. The number of carbonyl (C=O) groups excluding carboxylic acids is 2. The summed E-state index contributed by atoms with van der Waals surface area (Å²) < 4.78 is 1.73. The average molecular weight is 362 g/mol. The van der Waals surface area contributed by atoms with Crippen LogP contribution in [0.15, 0.2) is 8.68 Å². The molecule has 0 saturated carbocycles. The van der Waals surface area contributed by atoms with Crippen LogP contribution < -0.4 is 5.32 Å². The minimum absolute atomic E-state index is 0.0149. The van der Waals surface area contributed by atoms with E-state index in [4.69, 9.17) is 0 Å². The van der Waals surface area contributed by atoms with Crippen molar-refractivity contribution in [2.75, 3.05) is 11.5 Å². The Morgan fingerprint density at radius 2 is 1.86 bits per heavy atom. The van der Waals surface area contributed by atoms with Gasteiger partial charge in [0.25, 0.3) is 0 Å². The number of hydrogen-bond acceptors (Lipinski definition) is 7. The fourth-order valence-electron chi connectivity index (χ4n) is 1.70. The van der Waals surface area contributed by atoms with Crippen LogP contribution in [0.25, 0.3) is 0 Å². The Balaban J connectivity index is 2.39. The highest BCUT2D eigenvalue weighted by Gasteiger charge is 2.20. The van der Waals surface area contributed by atoms with Crippen LogP contribution in [0, 0.1) is 5.92 Å². The molecule has 0 aliphatic rings. The van der Waals surface area contributed by atoms with Gasteiger partial charge in [0.15, 0.2) is 14.5 Å². The maximum absolute atomic E-state index is 11.9. The van der Waals surface area contributed by atoms with Crippen LogP contribution in [0.5, 0.6) is 0 Å². The van der Waals surface area contributed by atoms with Crippen molar-refractivity contribution in [2.45, 2.75) is 55.3 Å². The Morgan fingerprint density at radius 1 is 1.23 bits per heavy atom. The van der Waals surface area contributed by atoms with Crippen molar-refractivity contribution in [2.24, 2.45) is 5.92 Å². The molecule has 0 spiro atoms. The number of thioether (sulfide) groups is 2. The molecule has 124 valence electrons. The van der Waals surface area contributed by atoms with Crippen molar-refractivity contribution in [1.82, 2.24) is 15.5 Å². The van der Waals surface area contributed by atoms with Crippen LogP contribution in [0.1, 0.15) is 40.5 Å². The second kappa shape index (κ2) is 10.2. The van der Waals surface area contributed by atoms with E-state index < -0.39 is 6.04 Å². The first-order chi connectivity index (χ1) is 10.4.